The van der Waals surface area contributed by atoms with Crippen LogP contribution < -0.4 is 10.1 Å². The van der Waals surface area contributed by atoms with Gasteiger partial charge in [-0.15, -0.1) is 0 Å². The summed E-state index contributed by atoms with van der Waals surface area (Å²) in [7, 11) is 1.61. The number of hydrogen-bond acceptors (Lipinski definition) is 2. The van der Waals surface area contributed by atoms with Crippen molar-refractivity contribution in [1.82, 2.24) is 5.32 Å². The predicted octanol–water partition coefficient (Wildman–Crippen LogP) is 3.77. The lowest BCUT2D eigenvalue weighted by Crippen LogP contribution is -2.27. The van der Waals surface area contributed by atoms with Gasteiger partial charge >= 0.3 is 0 Å². The third kappa shape index (κ3) is 2.88. The van der Waals surface area contributed by atoms with Crippen molar-refractivity contribution in [1.29, 1.82) is 0 Å². The SMILES string of the molecule is COc1ccc(C(=O)N[C@H]2CCc3cc(Cl)ccc32)cc1. The summed E-state index contributed by atoms with van der Waals surface area (Å²) < 4.78 is 5.10. The smallest absolute Gasteiger partial charge is 0.251 e. The lowest BCUT2D eigenvalue weighted by Gasteiger charge is -2.14. The van der Waals surface area contributed by atoms with E-state index in [4.69, 9.17) is 16.3 Å². The van der Waals surface area contributed by atoms with E-state index in [1.54, 1.807) is 31.4 Å². The van der Waals surface area contributed by atoms with Gasteiger partial charge in [-0.1, -0.05) is 17.7 Å². The van der Waals surface area contributed by atoms with E-state index in [9.17, 15) is 4.79 Å². The Labute approximate surface area is 128 Å². The minimum absolute atomic E-state index is 0.0619. The number of aryl methyl sites for hydroxylation is 1. The number of nitrogens with one attached hydrogen (secondary N) is 1. The van der Waals surface area contributed by atoms with Crippen LogP contribution in [0.2, 0.25) is 5.02 Å². The first-order valence-electron chi connectivity index (χ1n) is 6.90. The summed E-state index contributed by atoms with van der Waals surface area (Å²) >= 11 is 6.00. The quantitative estimate of drug-likeness (QED) is 0.937. The van der Waals surface area contributed by atoms with Crippen LogP contribution in [0.15, 0.2) is 42.5 Å². The van der Waals surface area contributed by atoms with Crippen molar-refractivity contribution in [3.05, 3.63) is 64.2 Å². The van der Waals surface area contributed by atoms with E-state index < -0.39 is 0 Å². The van der Waals surface area contributed by atoms with Gasteiger partial charge < -0.3 is 10.1 Å². The van der Waals surface area contributed by atoms with Gasteiger partial charge in [0.1, 0.15) is 5.75 Å². The van der Waals surface area contributed by atoms with E-state index in [0.717, 1.165) is 23.6 Å². The number of benzene rings is 2. The van der Waals surface area contributed by atoms with E-state index in [-0.39, 0.29) is 11.9 Å². The highest BCUT2D eigenvalue weighted by atomic mass is 35.5. The van der Waals surface area contributed by atoms with Crippen molar-refractivity contribution in [2.24, 2.45) is 0 Å². The molecule has 3 rings (SSSR count). The molecule has 1 amide bonds. The van der Waals surface area contributed by atoms with Crippen molar-refractivity contribution in [3.8, 4) is 5.75 Å². The maximum Gasteiger partial charge on any atom is 0.251 e. The maximum atomic E-state index is 12.3. The van der Waals surface area contributed by atoms with E-state index in [1.807, 2.05) is 18.2 Å². The highest BCUT2D eigenvalue weighted by Gasteiger charge is 2.24. The molecule has 0 heterocycles. The summed E-state index contributed by atoms with van der Waals surface area (Å²) in [6.07, 6.45) is 1.86. The fourth-order valence-corrected chi connectivity index (χ4v) is 2.91. The Morgan fingerprint density at radius 3 is 2.71 bits per heavy atom. The van der Waals surface area contributed by atoms with Gasteiger partial charge in [-0.25, -0.2) is 0 Å². The van der Waals surface area contributed by atoms with Crippen LogP contribution in [-0.4, -0.2) is 13.0 Å². The lowest BCUT2D eigenvalue weighted by atomic mass is 10.1. The van der Waals surface area contributed by atoms with Crippen LogP contribution in [0.4, 0.5) is 0 Å². The molecule has 0 bridgehead atoms. The summed E-state index contributed by atoms with van der Waals surface area (Å²) in [5, 5.41) is 3.83. The molecule has 0 saturated carbocycles. The Kier molecular flexibility index (Phi) is 3.84. The molecular formula is C17H16ClNO2. The van der Waals surface area contributed by atoms with Gasteiger partial charge in [-0.05, 0) is 60.4 Å². The molecule has 0 radical (unpaired) electrons. The zero-order chi connectivity index (χ0) is 14.8. The Morgan fingerprint density at radius 2 is 2.00 bits per heavy atom. The van der Waals surface area contributed by atoms with Crippen LogP contribution in [-0.2, 0) is 6.42 Å². The topological polar surface area (TPSA) is 38.3 Å². The average molecular weight is 302 g/mol. The number of fused-ring (bicyclic) bond motifs is 1. The van der Waals surface area contributed by atoms with Crippen LogP contribution in [0.3, 0.4) is 0 Å². The maximum absolute atomic E-state index is 12.3. The molecule has 1 aliphatic carbocycles. The molecule has 2 aromatic carbocycles. The second-order valence-corrected chi connectivity index (χ2v) is 5.57. The van der Waals surface area contributed by atoms with Crippen LogP contribution in [0.5, 0.6) is 5.75 Å². The molecule has 0 aliphatic heterocycles. The van der Waals surface area contributed by atoms with E-state index in [0.29, 0.717) is 5.56 Å². The molecule has 1 N–H and O–H groups in total. The fourth-order valence-electron chi connectivity index (χ4n) is 2.72. The highest BCUT2D eigenvalue weighted by molar-refractivity contribution is 6.30. The second-order valence-electron chi connectivity index (χ2n) is 5.14. The first kappa shape index (κ1) is 14.0. The number of amides is 1. The van der Waals surface area contributed by atoms with Crippen molar-refractivity contribution < 1.29 is 9.53 Å². The Bertz CT molecular complexity index is 667. The van der Waals surface area contributed by atoms with E-state index in [1.165, 1.54) is 11.1 Å². The van der Waals surface area contributed by atoms with Crippen molar-refractivity contribution in [2.45, 2.75) is 18.9 Å². The minimum Gasteiger partial charge on any atom is -0.497 e. The van der Waals surface area contributed by atoms with Gasteiger partial charge in [0.05, 0.1) is 13.2 Å². The fraction of sp³-hybridized carbons (Fsp3) is 0.235. The summed E-state index contributed by atoms with van der Waals surface area (Å²) in [6.45, 7) is 0. The number of halogens is 1. The average Bonchev–Trinajstić information content (AvgIpc) is 2.89. The van der Waals surface area contributed by atoms with E-state index >= 15 is 0 Å². The monoisotopic (exact) mass is 301 g/mol. The molecule has 2 aromatic rings. The van der Waals surface area contributed by atoms with Gasteiger partial charge in [0, 0.05) is 10.6 Å². The number of methoxy groups -OCH3 is 1. The molecule has 0 saturated heterocycles. The summed E-state index contributed by atoms with van der Waals surface area (Å²) in [4.78, 5) is 12.3. The standard InChI is InChI=1S/C17H16ClNO2/c1-21-14-6-2-11(3-7-14)17(20)19-16-9-4-12-10-13(18)5-8-15(12)16/h2-3,5-8,10,16H,4,9H2,1H3,(H,19,20)/t16-/m0/s1. The van der Waals surface area contributed by atoms with Crippen LogP contribution >= 0.6 is 11.6 Å². The number of hydrogen-bond donors (Lipinski definition) is 1. The third-order valence-corrected chi connectivity index (χ3v) is 4.08. The Morgan fingerprint density at radius 1 is 1.24 bits per heavy atom. The largest absolute Gasteiger partial charge is 0.497 e. The van der Waals surface area contributed by atoms with Crippen LogP contribution in [0, 0.1) is 0 Å². The summed E-state index contributed by atoms with van der Waals surface area (Å²) in [5.74, 6) is 0.679. The normalized spacial score (nSPS) is 16.4. The zero-order valence-corrected chi connectivity index (χ0v) is 12.5. The molecule has 0 fully saturated rings. The number of carbonyl (C=O) groups excluding carboxylic acids is 1. The number of rotatable bonds is 3. The number of carbonyl (C=O) groups is 1. The number of ether oxygens (including phenoxy) is 1. The van der Waals surface area contributed by atoms with Gasteiger partial charge in [0.2, 0.25) is 0 Å². The first-order chi connectivity index (χ1) is 10.2. The summed E-state index contributed by atoms with van der Waals surface area (Å²) in [5.41, 5.74) is 3.03. The van der Waals surface area contributed by atoms with Crippen LogP contribution in [0.1, 0.15) is 33.9 Å². The minimum atomic E-state index is -0.0644. The highest BCUT2D eigenvalue weighted by Crippen LogP contribution is 2.33. The molecule has 0 aromatic heterocycles. The molecule has 4 heteroatoms. The predicted molar refractivity (Wildman–Crippen MR) is 83.0 cm³/mol. The van der Waals surface area contributed by atoms with Crippen molar-refractivity contribution in [2.75, 3.05) is 7.11 Å². The molecule has 0 spiro atoms. The zero-order valence-electron chi connectivity index (χ0n) is 11.7. The molecule has 1 aliphatic rings. The molecule has 3 nitrogen and oxygen atoms in total. The van der Waals surface area contributed by atoms with Crippen molar-refractivity contribution >= 4 is 17.5 Å². The Hall–Kier alpha value is -2.00. The van der Waals surface area contributed by atoms with Gasteiger partial charge in [-0.3, -0.25) is 4.79 Å². The van der Waals surface area contributed by atoms with E-state index in [2.05, 4.69) is 5.32 Å². The summed E-state index contributed by atoms with van der Waals surface area (Å²) in [6, 6.07) is 13.0. The van der Waals surface area contributed by atoms with Crippen molar-refractivity contribution in [3.63, 3.8) is 0 Å². The van der Waals surface area contributed by atoms with Crippen LogP contribution in [0.25, 0.3) is 0 Å². The molecule has 108 valence electrons. The lowest BCUT2D eigenvalue weighted by molar-refractivity contribution is 0.0936. The first-order valence-corrected chi connectivity index (χ1v) is 7.28. The van der Waals surface area contributed by atoms with Gasteiger partial charge in [0.25, 0.3) is 5.91 Å². The molecule has 1 atom stereocenters. The second kappa shape index (κ2) is 5.78. The molecular weight excluding hydrogens is 286 g/mol. The molecule has 21 heavy (non-hydrogen) atoms. The molecule has 0 unspecified atom stereocenters. The van der Waals surface area contributed by atoms with Gasteiger partial charge in [0.15, 0.2) is 0 Å². The third-order valence-electron chi connectivity index (χ3n) is 3.84. The Balaban J connectivity index is 1.74. The van der Waals surface area contributed by atoms with Gasteiger partial charge in [-0.2, -0.15) is 0 Å².